The number of hydrogen-bond donors (Lipinski definition) is 1. The minimum Gasteiger partial charge on any atom is -0.477 e. The first-order valence-electron chi connectivity index (χ1n) is 9.48. The van der Waals surface area contributed by atoms with E-state index in [1.807, 2.05) is 45.0 Å². The second-order valence-corrected chi connectivity index (χ2v) is 8.64. The maximum atomic E-state index is 12.8. The van der Waals surface area contributed by atoms with E-state index in [-0.39, 0.29) is 0 Å². The zero-order chi connectivity index (χ0) is 21.0. The number of hydrogen-bond acceptors (Lipinski definition) is 5. The molecule has 7 heteroatoms. The number of aryl methyl sites for hydroxylation is 3. The van der Waals surface area contributed by atoms with Crippen LogP contribution in [0.15, 0.2) is 53.4 Å². The number of rotatable bonds is 7. The highest BCUT2D eigenvalue weighted by Gasteiger charge is 2.18. The van der Waals surface area contributed by atoms with Gasteiger partial charge in [0.25, 0.3) is 10.0 Å². The van der Waals surface area contributed by atoms with Crippen LogP contribution < -0.4 is 9.46 Å². The summed E-state index contributed by atoms with van der Waals surface area (Å²) in [4.78, 5) is 0.290. The molecule has 0 radical (unpaired) electrons. The molecule has 1 aromatic heterocycles. The van der Waals surface area contributed by atoms with Gasteiger partial charge in [0.15, 0.2) is 0 Å². The van der Waals surface area contributed by atoms with Crippen LogP contribution in [0.1, 0.15) is 30.0 Å². The van der Waals surface area contributed by atoms with Gasteiger partial charge >= 0.3 is 0 Å². The summed E-state index contributed by atoms with van der Waals surface area (Å²) < 4.78 is 33.7. The average molecular weight is 412 g/mol. The molecule has 0 bridgehead atoms. The number of ether oxygens (including phenoxy) is 1. The van der Waals surface area contributed by atoms with E-state index in [0.717, 1.165) is 28.7 Å². The molecule has 0 amide bonds. The van der Waals surface area contributed by atoms with Gasteiger partial charge < -0.3 is 4.74 Å². The molecule has 0 saturated heterocycles. The van der Waals surface area contributed by atoms with Crippen molar-refractivity contribution >= 4 is 15.7 Å². The molecule has 0 saturated carbocycles. The molecular formula is C22H25N3O3S. The van der Waals surface area contributed by atoms with E-state index in [1.165, 1.54) is 0 Å². The van der Waals surface area contributed by atoms with Gasteiger partial charge in [0.2, 0.25) is 5.88 Å². The summed E-state index contributed by atoms with van der Waals surface area (Å²) in [5.41, 5.74) is 4.74. The molecule has 3 rings (SSSR count). The molecule has 0 aliphatic rings. The van der Waals surface area contributed by atoms with Crippen LogP contribution >= 0.6 is 0 Å². The van der Waals surface area contributed by atoms with Gasteiger partial charge in [-0.3, -0.25) is 4.72 Å². The normalized spacial score (nSPS) is 11.3. The minimum atomic E-state index is -3.67. The van der Waals surface area contributed by atoms with E-state index in [1.54, 1.807) is 31.2 Å². The van der Waals surface area contributed by atoms with Crippen LogP contribution in [0.5, 0.6) is 5.88 Å². The Labute approximate surface area is 172 Å². The summed E-state index contributed by atoms with van der Waals surface area (Å²) in [7, 11) is -3.67. The van der Waals surface area contributed by atoms with Gasteiger partial charge in [0.1, 0.15) is 0 Å². The topological polar surface area (TPSA) is 81.2 Å². The van der Waals surface area contributed by atoms with Crippen molar-refractivity contribution in [1.29, 1.82) is 0 Å². The monoisotopic (exact) mass is 411 g/mol. The number of nitrogens with zero attached hydrogens (tertiary/aromatic N) is 2. The Morgan fingerprint density at radius 2 is 1.59 bits per heavy atom. The minimum absolute atomic E-state index is 0.290. The maximum absolute atomic E-state index is 12.8. The third kappa shape index (κ3) is 4.92. The van der Waals surface area contributed by atoms with E-state index in [2.05, 4.69) is 14.9 Å². The van der Waals surface area contributed by atoms with Gasteiger partial charge in [-0.25, -0.2) is 8.42 Å². The average Bonchev–Trinajstić information content (AvgIpc) is 2.70. The largest absolute Gasteiger partial charge is 0.477 e. The van der Waals surface area contributed by atoms with Gasteiger partial charge in [-0.1, -0.05) is 25.1 Å². The van der Waals surface area contributed by atoms with Gasteiger partial charge in [-0.05, 0) is 68.1 Å². The summed E-state index contributed by atoms with van der Waals surface area (Å²) in [6.07, 6.45) is 0.905. The fourth-order valence-corrected chi connectivity index (χ4v) is 4.27. The molecule has 2 aromatic carbocycles. The molecule has 0 aliphatic heterocycles. The molecule has 0 spiro atoms. The Bertz CT molecular complexity index is 1090. The molecule has 6 nitrogen and oxygen atoms in total. The summed E-state index contributed by atoms with van der Waals surface area (Å²) >= 11 is 0. The Morgan fingerprint density at radius 1 is 0.897 bits per heavy atom. The van der Waals surface area contributed by atoms with Crippen LogP contribution in [0.4, 0.5) is 5.69 Å². The van der Waals surface area contributed by atoms with E-state index in [4.69, 9.17) is 4.74 Å². The molecule has 29 heavy (non-hydrogen) atoms. The second kappa shape index (κ2) is 8.61. The molecule has 152 valence electrons. The van der Waals surface area contributed by atoms with Gasteiger partial charge in [-0.15, -0.1) is 10.2 Å². The van der Waals surface area contributed by atoms with Crippen LogP contribution in [0, 0.1) is 20.8 Å². The highest BCUT2D eigenvalue weighted by atomic mass is 32.2. The van der Waals surface area contributed by atoms with E-state index in [9.17, 15) is 8.42 Å². The first kappa shape index (κ1) is 20.8. The fraction of sp³-hybridized carbons (Fsp3) is 0.273. The lowest BCUT2D eigenvalue weighted by Gasteiger charge is -2.13. The Balaban J connectivity index is 1.77. The molecule has 1 heterocycles. The summed E-state index contributed by atoms with van der Waals surface area (Å²) in [5, 5.41) is 8.22. The van der Waals surface area contributed by atoms with Crippen molar-refractivity contribution in [2.24, 2.45) is 0 Å². The van der Waals surface area contributed by atoms with E-state index < -0.39 is 10.0 Å². The lowest BCUT2D eigenvalue weighted by atomic mass is 10.1. The van der Waals surface area contributed by atoms with E-state index in [0.29, 0.717) is 28.8 Å². The molecule has 0 aliphatic carbocycles. The van der Waals surface area contributed by atoms with Crippen molar-refractivity contribution in [1.82, 2.24) is 10.2 Å². The van der Waals surface area contributed by atoms with Crippen molar-refractivity contribution in [3.05, 3.63) is 65.2 Å². The molecule has 0 atom stereocenters. The molecule has 3 aromatic rings. The third-order valence-electron chi connectivity index (χ3n) is 4.61. The highest BCUT2D eigenvalue weighted by Crippen LogP contribution is 2.25. The lowest BCUT2D eigenvalue weighted by Crippen LogP contribution is -2.14. The first-order chi connectivity index (χ1) is 13.8. The van der Waals surface area contributed by atoms with Gasteiger partial charge in [0.05, 0.1) is 17.2 Å². The number of sulfonamides is 1. The number of anilines is 1. The molecule has 0 unspecified atom stereocenters. The zero-order valence-corrected chi connectivity index (χ0v) is 17.9. The molecule has 1 N–H and O–H groups in total. The van der Waals surface area contributed by atoms with Crippen LogP contribution in [-0.4, -0.2) is 25.2 Å². The van der Waals surface area contributed by atoms with Gasteiger partial charge in [0, 0.05) is 17.3 Å². The van der Waals surface area contributed by atoms with Crippen molar-refractivity contribution in [3.63, 3.8) is 0 Å². The number of benzene rings is 2. The predicted molar refractivity (Wildman–Crippen MR) is 115 cm³/mol. The Morgan fingerprint density at radius 3 is 2.21 bits per heavy atom. The number of aromatic nitrogens is 2. The highest BCUT2D eigenvalue weighted by molar-refractivity contribution is 7.92. The van der Waals surface area contributed by atoms with Crippen molar-refractivity contribution in [2.75, 3.05) is 11.3 Å². The van der Waals surface area contributed by atoms with Crippen LogP contribution in [0.3, 0.4) is 0 Å². The van der Waals surface area contributed by atoms with E-state index >= 15 is 0 Å². The quantitative estimate of drug-likeness (QED) is 0.612. The van der Waals surface area contributed by atoms with Crippen LogP contribution in [0.2, 0.25) is 0 Å². The standard InChI is InChI=1S/C22H25N3O3S/c1-5-12-28-22-11-10-20(23-24-22)18-6-8-19(9-7-18)25-29(26,27)21-14-16(3)15(2)13-17(21)4/h6-11,13-14,25H,5,12H2,1-4H3. The molecular weight excluding hydrogens is 386 g/mol. The van der Waals surface area contributed by atoms with Crippen molar-refractivity contribution < 1.29 is 13.2 Å². The zero-order valence-electron chi connectivity index (χ0n) is 17.1. The van der Waals surface area contributed by atoms with Crippen LogP contribution in [-0.2, 0) is 10.0 Å². The lowest BCUT2D eigenvalue weighted by molar-refractivity contribution is 0.302. The summed E-state index contributed by atoms with van der Waals surface area (Å²) in [6, 6.07) is 14.2. The third-order valence-corrected chi connectivity index (χ3v) is 6.13. The van der Waals surface area contributed by atoms with Crippen molar-refractivity contribution in [3.8, 4) is 17.1 Å². The Hall–Kier alpha value is -2.93. The smallest absolute Gasteiger partial charge is 0.262 e. The summed E-state index contributed by atoms with van der Waals surface area (Å²) in [5.74, 6) is 0.490. The van der Waals surface area contributed by atoms with Gasteiger partial charge in [-0.2, -0.15) is 0 Å². The first-order valence-corrected chi connectivity index (χ1v) is 11.0. The predicted octanol–water partition coefficient (Wildman–Crippen LogP) is 4.66. The Kier molecular flexibility index (Phi) is 6.17. The SMILES string of the molecule is CCCOc1ccc(-c2ccc(NS(=O)(=O)c3cc(C)c(C)cc3C)cc2)nn1. The molecule has 0 fully saturated rings. The van der Waals surface area contributed by atoms with Crippen molar-refractivity contribution in [2.45, 2.75) is 39.0 Å². The number of nitrogens with one attached hydrogen (secondary N) is 1. The fourth-order valence-electron chi connectivity index (χ4n) is 2.90. The van der Waals surface area contributed by atoms with Crippen LogP contribution in [0.25, 0.3) is 11.3 Å². The second-order valence-electron chi connectivity index (χ2n) is 6.99. The summed E-state index contributed by atoms with van der Waals surface area (Å²) in [6.45, 7) is 8.30. The maximum Gasteiger partial charge on any atom is 0.262 e.